The maximum atomic E-state index is 12.8. The first-order chi connectivity index (χ1) is 13.0. The molecule has 2 amide bonds. The summed E-state index contributed by atoms with van der Waals surface area (Å²) in [6.07, 6.45) is 0. The van der Waals surface area contributed by atoms with Gasteiger partial charge < -0.3 is 20.1 Å². The second kappa shape index (κ2) is 8.12. The van der Waals surface area contributed by atoms with E-state index in [1.54, 1.807) is 24.3 Å². The van der Waals surface area contributed by atoms with E-state index in [-0.39, 0.29) is 17.7 Å². The summed E-state index contributed by atoms with van der Waals surface area (Å²) in [4.78, 5) is 25.4. The van der Waals surface area contributed by atoms with Crippen molar-refractivity contribution in [3.05, 3.63) is 53.6 Å². The zero-order chi connectivity index (χ0) is 19.4. The van der Waals surface area contributed by atoms with E-state index in [0.717, 1.165) is 5.56 Å². The number of benzene rings is 2. The largest absolute Gasteiger partial charge is 0.486 e. The first-order valence-corrected chi connectivity index (χ1v) is 9.02. The fraction of sp³-hybridized carbons (Fsp3) is 0.333. The van der Waals surface area contributed by atoms with Crippen LogP contribution in [0.4, 0.5) is 5.69 Å². The molecule has 1 aliphatic rings. The molecule has 6 heteroatoms. The number of rotatable bonds is 5. The lowest BCUT2D eigenvalue weighted by atomic mass is 10.0. The van der Waals surface area contributed by atoms with Crippen LogP contribution >= 0.6 is 0 Å². The van der Waals surface area contributed by atoms with E-state index in [1.165, 1.54) is 0 Å². The zero-order valence-corrected chi connectivity index (χ0v) is 15.7. The maximum absolute atomic E-state index is 12.8. The predicted octanol–water partition coefficient (Wildman–Crippen LogP) is 3.16. The lowest BCUT2D eigenvalue weighted by molar-refractivity contribution is -0.118. The van der Waals surface area contributed by atoms with Gasteiger partial charge in [0.1, 0.15) is 19.3 Å². The minimum absolute atomic E-state index is 0.0739. The first kappa shape index (κ1) is 18.8. The number of hydrogen-bond donors (Lipinski definition) is 2. The van der Waals surface area contributed by atoms with Crippen LogP contribution in [0.15, 0.2) is 42.5 Å². The van der Waals surface area contributed by atoms with Crippen LogP contribution in [0.5, 0.6) is 11.5 Å². The van der Waals surface area contributed by atoms with E-state index in [9.17, 15) is 9.59 Å². The molecule has 0 fully saturated rings. The van der Waals surface area contributed by atoms with Gasteiger partial charge in [0.15, 0.2) is 11.5 Å². The van der Waals surface area contributed by atoms with Crippen molar-refractivity contribution in [1.29, 1.82) is 0 Å². The number of hydrogen-bond acceptors (Lipinski definition) is 4. The van der Waals surface area contributed by atoms with Crippen LogP contribution in [0.1, 0.15) is 29.8 Å². The zero-order valence-electron chi connectivity index (χ0n) is 15.7. The van der Waals surface area contributed by atoms with E-state index < -0.39 is 6.04 Å². The summed E-state index contributed by atoms with van der Waals surface area (Å²) in [5.41, 5.74) is 2.03. The molecule has 0 radical (unpaired) electrons. The van der Waals surface area contributed by atoms with Crippen LogP contribution in [0.25, 0.3) is 0 Å². The molecule has 2 N–H and O–H groups in total. The van der Waals surface area contributed by atoms with E-state index in [4.69, 9.17) is 9.47 Å². The smallest absolute Gasteiger partial charge is 0.252 e. The fourth-order valence-corrected chi connectivity index (χ4v) is 2.92. The van der Waals surface area contributed by atoms with Crippen LogP contribution in [-0.2, 0) is 4.79 Å². The average Bonchev–Trinajstić information content (AvgIpc) is 2.65. The second-order valence-electron chi connectivity index (χ2n) is 6.86. The highest BCUT2D eigenvalue weighted by Crippen LogP contribution is 2.32. The van der Waals surface area contributed by atoms with Crippen molar-refractivity contribution in [2.24, 2.45) is 5.92 Å². The van der Waals surface area contributed by atoms with Gasteiger partial charge in [0.2, 0.25) is 5.91 Å². The molecule has 0 spiro atoms. The number of anilines is 1. The molecule has 0 aromatic heterocycles. The third-order valence-corrected chi connectivity index (χ3v) is 4.44. The SMILES string of the molecule is Cc1ccccc1C(=O)N[C@H](C(=O)Nc1ccc2c(c1)OCCO2)C(C)C. The van der Waals surface area contributed by atoms with Gasteiger partial charge in [0, 0.05) is 17.3 Å². The van der Waals surface area contributed by atoms with Crippen molar-refractivity contribution < 1.29 is 19.1 Å². The van der Waals surface area contributed by atoms with Crippen molar-refractivity contribution in [1.82, 2.24) is 5.32 Å². The molecule has 0 saturated carbocycles. The molecule has 2 aromatic rings. The van der Waals surface area contributed by atoms with Crippen LogP contribution < -0.4 is 20.1 Å². The van der Waals surface area contributed by atoms with Crippen molar-refractivity contribution >= 4 is 17.5 Å². The molecule has 142 valence electrons. The van der Waals surface area contributed by atoms with Crippen molar-refractivity contribution in [3.63, 3.8) is 0 Å². The first-order valence-electron chi connectivity index (χ1n) is 9.02. The molecular weight excluding hydrogens is 344 g/mol. The lowest BCUT2D eigenvalue weighted by Gasteiger charge is -2.23. The van der Waals surface area contributed by atoms with Gasteiger partial charge in [0.25, 0.3) is 5.91 Å². The molecule has 1 heterocycles. The standard InChI is InChI=1S/C21H24N2O4/c1-13(2)19(23-20(24)16-7-5-4-6-14(16)3)21(25)22-15-8-9-17-18(12-15)27-11-10-26-17/h4-9,12-13,19H,10-11H2,1-3H3,(H,22,25)(H,23,24)/t19-/m0/s1. The number of ether oxygens (including phenoxy) is 2. The van der Waals surface area contributed by atoms with Gasteiger partial charge in [-0.25, -0.2) is 0 Å². The minimum Gasteiger partial charge on any atom is -0.486 e. The Morgan fingerprint density at radius 1 is 1.00 bits per heavy atom. The Kier molecular flexibility index (Phi) is 5.64. The highest BCUT2D eigenvalue weighted by atomic mass is 16.6. The summed E-state index contributed by atoms with van der Waals surface area (Å²) in [6.45, 7) is 6.65. The van der Waals surface area contributed by atoms with E-state index in [2.05, 4.69) is 10.6 Å². The number of carbonyl (C=O) groups is 2. The quantitative estimate of drug-likeness (QED) is 0.850. The van der Waals surface area contributed by atoms with Gasteiger partial charge in [0.05, 0.1) is 0 Å². The number of aryl methyl sites for hydroxylation is 1. The van der Waals surface area contributed by atoms with Gasteiger partial charge in [-0.3, -0.25) is 9.59 Å². The molecule has 0 aliphatic carbocycles. The molecule has 0 bridgehead atoms. The normalized spacial score (nSPS) is 13.8. The van der Waals surface area contributed by atoms with Crippen LogP contribution in [-0.4, -0.2) is 31.1 Å². The fourth-order valence-electron chi connectivity index (χ4n) is 2.92. The monoisotopic (exact) mass is 368 g/mol. The third kappa shape index (κ3) is 4.39. The van der Waals surface area contributed by atoms with Crippen LogP contribution in [0.2, 0.25) is 0 Å². The average molecular weight is 368 g/mol. The number of fused-ring (bicyclic) bond motifs is 1. The van der Waals surface area contributed by atoms with Gasteiger partial charge in [-0.1, -0.05) is 32.0 Å². The minimum atomic E-state index is -0.662. The maximum Gasteiger partial charge on any atom is 0.252 e. The molecule has 3 rings (SSSR count). The number of amides is 2. The molecule has 6 nitrogen and oxygen atoms in total. The topological polar surface area (TPSA) is 76.7 Å². The Morgan fingerprint density at radius 3 is 2.41 bits per heavy atom. The van der Waals surface area contributed by atoms with Gasteiger partial charge >= 0.3 is 0 Å². The van der Waals surface area contributed by atoms with E-state index in [0.29, 0.717) is 36.0 Å². The Bertz CT molecular complexity index is 848. The Labute approximate surface area is 158 Å². The summed E-state index contributed by atoms with van der Waals surface area (Å²) >= 11 is 0. The summed E-state index contributed by atoms with van der Waals surface area (Å²) < 4.78 is 11.0. The summed E-state index contributed by atoms with van der Waals surface area (Å²) in [5.74, 6) is 0.652. The summed E-state index contributed by atoms with van der Waals surface area (Å²) in [5, 5.41) is 5.70. The molecule has 1 aliphatic heterocycles. The van der Waals surface area contributed by atoms with Gasteiger partial charge in [-0.05, 0) is 36.6 Å². The number of nitrogens with one attached hydrogen (secondary N) is 2. The molecular formula is C21H24N2O4. The summed E-state index contributed by atoms with van der Waals surface area (Å²) in [7, 11) is 0. The Balaban J connectivity index is 1.72. The highest BCUT2D eigenvalue weighted by Gasteiger charge is 2.25. The Morgan fingerprint density at radius 2 is 1.70 bits per heavy atom. The Hall–Kier alpha value is -3.02. The molecule has 2 aromatic carbocycles. The highest BCUT2D eigenvalue weighted by molar-refractivity contribution is 6.02. The molecule has 27 heavy (non-hydrogen) atoms. The number of carbonyl (C=O) groups excluding carboxylic acids is 2. The van der Waals surface area contributed by atoms with Crippen LogP contribution in [0, 0.1) is 12.8 Å². The van der Waals surface area contributed by atoms with Crippen molar-refractivity contribution in [3.8, 4) is 11.5 Å². The van der Waals surface area contributed by atoms with Gasteiger partial charge in [-0.2, -0.15) is 0 Å². The summed E-state index contributed by atoms with van der Waals surface area (Å²) in [6, 6.07) is 11.9. The van der Waals surface area contributed by atoms with E-state index >= 15 is 0 Å². The molecule has 1 atom stereocenters. The lowest BCUT2D eigenvalue weighted by Crippen LogP contribution is -2.47. The van der Waals surface area contributed by atoms with Crippen molar-refractivity contribution in [2.75, 3.05) is 18.5 Å². The third-order valence-electron chi connectivity index (χ3n) is 4.44. The molecule has 0 saturated heterocycles. The predicted molar refractivity (Wildman–Crippen MR) is 103 cm³/mol. The second-order valence-corrected chi connectivity index (χ2v) is 6.86. The van der Waals surface area contributed by atoms with Crippen molar-refractivity contribution in [2.45, 2.75) is 26.8 Å². The van der Waals surface area contributed by atoms with Crippen LogP contribution in [0.3, 0.4) is 0 Å². The van der Waals surface area contributed by atoms with E-state index in [1.807, 2.05) is 39.0 Å². The van der Waals surface area contributed by atoms with Gasteiger partial charge in [-0.15, -0.1) is 0 Å². The molecule has 0 unspecified atom stereocenters.